The minimum atomic E-state index is -0.972. The molecule has 0 aliphatic rings. The molecular weight excluding hydrogens is 484 g/mol. The number of aromatic nitrogens is 5. The summed E-state index contributed by atoms with van der Waals surface area (Å²) in [5.41, 5.74) is 2.59. The maximum Gasteiger partial charge on any atom is 0.397 e. The molecule has 1 aromatic carbocycles. The van der Waals surface area contributed by atoms with Crippen LogP contribution in [-0.2, 0) is 20.7 Å². The lowest BCUT2D eigenvalue weighted by Crippen LogP contribution is -2.24. The van der Waals surface area contributed by atoms with E-state index in [1.54, 1.807) is 29.8 Å². The first-order chi connectivity index (χ1) is 17.4. The van der Waals surface area contributed by atoms with Crippen LogP contribution in [0.25, 0.3) is 28.2 Å². The van der Waals surface area contributed by atoms with Crippen LogP contribution in [0.2, 0.25) is 0 Å². The van der Waals surface area contributed by atoms with Crippen molar-refractivity contribution >= 4 is 33.9 Å². The first-order valence-corrected chi connectivity index (χ1v) is 12.4. The number of aromatic amines is 1. The quantitative estimate of drug-likeness (QED) is 0.272. The molecule has 1 amide bonds. The maximum atomic E-state index is 13.0. The molecule has 0 bridgehead atoms. The second kappa shape index (κ2) is 10.7. The molecule has 188 valence electrons. The van der Waals surface area contributed by atoms with Gasteiger partial charge in [-0.25, -0.2) is 19.3 Å². The zero-order valence-electron chi connectivity index (χ0n) is 20.4. The number of imidazole rings is 1. The molecule has 36 heavy (non-hydrogen) atoms. The van der Waals surface area contributed by atoms with Gasteiger partial charge in [0, 0.05) is 17.4 Å². The van der Waals surface area contributed by atoms with Crippen LogP contribution >= 0.6 is 11.3 Å². The summed E-state index contributed by atoms with van der Waals surface area (Å²) >= 11 is 1.17. The number of hydrogen-bond donors (Lipinski definition) is 2. The molecule has 0 atom stereocenters. The van der Waals surface area contributed by atoms with E-state index in [0.717, 1.165) is 6.42 Å². The van der Waals surface area contributed by atoms with Crippen molar-refractivity contribution in [2.24, 2.45) is 0 Å². The fourth-order valence-corrected chi connectivity index (χ4v) is 4.42. The molecule has 12 heteroatoms. The number of ether oxygens (including phenoxy) is 2. The summed E-state index contributed by atoms with van der Waals surface area (Å²) in [6.45, 7) is 7.84. The second-order valence-corrected chi connectivity index (χ2v) is 8.64. The van der Waals surface area contributed by atoms with Crippen molar-refractivity contribution in [3.63, 3.8) is 0 Å². The molecule has 0 saturated carbocycles. The van der Waals surface area contributed by atoms with Gasteiger partial charge in [-0.15, -0.1) is 16.4 Å². The molecule has 0 spiro atoms. The van der Waals surface area contributed by atoms with Crippen LogP contribution in [0, 0.1) is 6.92 Å². The van der Waals surface area contributed by atoms with Crippen LogP contribution in [0.4, 0.5) is 5.13 Å². The molecule has 0 fully saturated rings. The number of anilines is 1. The number of amides is 1. The van der Waals surface area contributed by atoms with Crippen molar-refractivity contribution < 1.29 is 19.1 Å². The van der Waals surface area contributed by atoms with E-state index in [1.165, 1.54) is 11.3 Å². The number of nitrogens with one attached hydrogen (secondary N) is 2. The number of hydrogen-bond acceptors (Lipinski definition) is 9. The highest BCUT2D eigenvalue weighted by Gasteiger charge is 2.19. The molecule has 0 unspecified atom stereocenters. The molecule has 11 nitrogen and oxygen atoms in total. The van der Waals surface area contributed by atoms with Gasteiger partial charge in [0.05, 0.1) is 30.2 Å². The summed E-state index contributed by atoms with van der Waals surface area (Å²) in [5, 5.41) is 9.14. The summed E-state index contributed by atoms with van der Waals surface area (Å²) < 4.78 is 12.1. The number of esters is 1. The van der Waals surface area contributed by atoms with Gasteiger partial charge >= 0.3 is 11.9 Å². The van der Waals surface area contributed by atoms with E-state index in [1.807, 2.05) is 26.0 Å². The normalized spacial score (nSPS) is 11.0. The topological polar surface area (TPSA) is 141 Å². The van der Waals surface area contributed by atoms with Gasteiger partial charge in [-0.05, 0) is 45.4 Å². The zero-order valence-corrected chi connectivity index (χ0v) is 21.2. The first-order valence-electron chi connectivity index (χ1n) is 11.6. The highest BCUT2D eigenvalue weighted by atomic mass is 32.1. The van der Waals surface area contributed by atoms with Crippen LogP contribution in [0.15, 0.2) is 28.4 Å². The second-order valence-electron chi connectivity index (χ2n) is 7.78. The Balaban J connectivity index is 1.75. The van der Waals surface area contributed by atoms with E-state index in [-0.39, 0.29) is 17.3 Å². The smallest absolute Gasteiger partial charge is 0.397 e. The summed E-state index contributed by atoms with van der Waals surface area (Å²) in [5.74, 6) is -0.269. The number of fused-ring (bicyclic) bond motifs is 1. The predicted molar refractivity (Wildman–Crippen MR) is 135 cm³/mol. The Morgan fingerprint density at radius 3 is 2.69 bits per heavy atom. The lowest BCUT2D eigenvalue weighted by Gasteiger charge is -2.12. The van der Waals surface area contributed by atoms with E-state index in [4.69, 9.17) is 14.6 Å². The van der Waals surface area contributed by atoms with Crippen molar-refractivity contribution in [2.45, 2.75) is 40.5 Å². The van der Waals surface area contributed by atoms with Crippen molar-refractivity contribution in [3.8, 4) is 28.4 Å². The van der Waals surface area contributed by atoms with Crippen LogP contribution < -0.4 is 15.6 Å². The summed E-state index contributed by atoms with van der Waals surface area (Å²) in [6.07, 6.45) is 1.54. The number of aryl methyl sites for hydroxylation is 2. The Hall–Kier alpha value is -4.06. The predicted octanol–water partition coefficient (Wildman–Crippen LogP) is 3.37. The third-order valence-electron chi connectivity index (χ3n) is 5.23. The first kappa shape index (κ1) is 25.0. The Bertz CT molecular complexity index is 1490. The zero-order chi connectivity index (χ0) is 25.8. The maximum absolute atomic E-state index is 13.0. The molecule has 4 rings (SSSR count). The third-order valence-corrected chi connectivity index (χ3v) is 5.99. The fraction of sp³-hybridized carbons (Fsp3) is 0.333. The van der Waals surface area contributed by atoms with E-state index in [9.17, 15) is 14.4 Å². The number of thiazole rings is 1. The largest absolute Gasteiger partial charge is 0.493 e. The molecule has 0 radical (unpaired) electrons. The van der Waals surface area contributed by atoms with Crippen molar-refractivity contribution in [1.29, 1.82) is 0 Å². The average molecular weight is 511 g/mol. The number of carbonyl (C=O) groups excluding carboxylic acids is 2. The van der Waals surface area contributed by atoms with E-state index in [0.29, 0.717) is 58.5 Å². The lowest BCUT2D eigenvalue weighted by molar-refractivity contribution is -0.152. The van der Waals surface area contributed by atoms with Gasteiger partial charge in [-0.3, -0.25) is 14.9 Å². The van der Waals surface area contributed by atoms with E-state index in [2.05, 4.69) is 20.3 Å². The number of benzene rings is 1. The van der Waals surface area contributed by atoms with Crippen LogP contribution in [0.1, 0.15) is 38.7 Å². The Labute approximate surface area is 210 Å². The molecule has 3 heterocycles. The standard InChI is InChI=1S/C24H26N6O5S/c1-5-8-18-25-13(4)19-21(31)27-20(29-30(18)19)15-11-14(9-10-17(15)34-6-2)16-12-36-24(26-16)28-22(32)23(33)35-7-3/h9-12H,5-8H2,1-4H3,(H,26,28,32)(H,27,29,31). The third kappa shape index (κ3) is 4.98. The highest BCUT2D eigenvalue weighted by Crippen LogP contribution is 2.34. The monoisotopic (exact) mass is 510 g/mol. The van der Waals surface area contributed by atoms with Gasteiger partial charge < -0.3 is 14.5 Å². The number of H-pyrrole nitrogens is 1. The van der Waals surface area contributed by atoms with Crippen molar-refractivity contribution in [1.82, 2.24) is 24.6 Å². The minimum Gasteiger partial charge on any atom is -0.493 e. The van der Waals surface area contributed by atoms with Gasteiger partial charge in [0.1, 0.15) is 11.6 Å². The number of carbonyl (C=O) groups is 2. The van der Waals surface area contributed by atoms with Gasteiger partial charge in [0.15, 0.2) is 16.5 Å². The summed E-state index contributed by atoms with van der Waals surface area (Å²) in [7, 11) is 0. The van der Waals surface area contributed by atoms with Gasteiger partial charge in [0.25, 0.3) is 5.56 Å². The molecule has 4 aromatic rings. The molecule has 0 aliphatic carbocycles. The summed E-state index contributed by atoms with van der Waals surface area (Å²) in [6, 6.07) is 5.41. The highest BCUT2D eigenvalue weighted by molar-refractivity contribution is 7.14. The molecular formula is C24H26N6O5S. The lowest BCUT2D eigenvalue weighted by atomic mass is 10.1. The van der Waals surface area contributed by atoms with Gasteiger partial charge in [-0.1, -0.05) is 6.92 Å². The molecule has 0 aliphatic heterocycles. The van der Waals surface area contributed by atoms with E-state index < -0.39 is 11.9 Å². The molecule has 2 N–H and O–H groups in total. The average Bonchev–Trinajstić information content (AvgIpc) is 3.44. The number of nitrogens with zero attached hydrogens (tertiary/aromatic N) is 4. The van der Waals surface area contributed by atoms with Crippen LogP contribution in [0.3, 0.4) is 0 Å². The summed E-state index contributed by atoms with van der Waals surface area (Å²) in [4.78, 5) is 48.3. The van der Waals surface area contributed by atoms with Gasteiger partial charge in [-0.2, -0.15) is 0 Å². The van der Waals surface area contributed by atoms with E-state index >= 15 is 0 Å². The Kier molecular flexibility index (Phi) is 7.44. The van der Waals surface area contributed by atoms with Crippen molar-refractivity contribution in [2.75, 3.05) is 18.5 Å². The minimum absolute atomic E-state index is 0.102. The fourth-order valence-electron chi connectivity index (χ4n) is 3.71. The molecule has 0 saturated heterocycles. The Morgan fingerprint density at radius 1 is 1.17 bits per heavy atom. The van der Waals surface area contributed by atoms with Crippen LogP contribution in [-0.4, -0.2) is 49.7 Å². The SMILES string of the molecule is CCCc1nc(C)c2c(=O)[nH]c(-c3cc(-c4csc(NC(=O)C(=O)OCC)n4)ccc3OCC)nn12. The van der Waals surface area contributed by atoms with Gasteiger partial charge in [0.2, 0.25) is 0 Å². The molecule has 3 aromatic heterocycles. The van der Waals surface area contributed by atoms with Crippen LogP contribution in [0.5, 0.6) is 5.75 Å². The number of rotatable bonds is 8. The van der Waals surface area contributed by atoms with Crippen molar-refractivity contribution in [3.05, 3.63) is 45.5 Å². The Morgan fingerprint density at radius 2 is 1.97 bits per heavy atom.